The fourth-order valence-electron chi connectivity index (χ4n) is 2.11. The molecule has 0 saturated heterocycles. The van der Waals surface area contributed by atoms with E-state index in [1.165, 1.54) is 41.4 Å². The van der Waals surface area contributed by atoms with Crippen LogP contribution in [0.5, 0.6) is 0 Å². The van der Waals surface area contributed by atoms with Crippen LogP contribution in [0.4, 0.5) is 18.9 Å². The summed E-state index contributed by atoms with van der Waals surface area (Å²) in [7, 11) is -2.77. The topological polar surface area (TPSA) is 87.2 Å². The third kappa shape index (κ3) is 5.46. The van der Waals surface area contributed by atoms with Gasteiger partial charge in [-0.2, -0.15) is 0 Å². The number of alkyl halides is 2. The van der Waals surface area contributed by atoms with Gasteiger partial charge in [0.1, 0.15) is 12.1 Å². The second-order valence-electron chi connectivity index (χ2n) is 5.80. The van der Waals surface area contributed by atoms with E-state index in [1.54, 1.807) is 0 Å². The first kappa shape index (κ1) is 21.2. The summed E-state index contributed by atoms with van der Waals surface area (Å²) in [6.45, 7) is 2.93. The van der Waals surface area contributed by atoms with Crippen molar-refractivity contribution < 1.29 is 22.2 Å². The molecule has 28 heavy (non-hydrogen) atoms. The Morgan fingerprint density at radius 1 is 1.29 bits per heavy atom. The van der Waals surface area contributed by atoms with Crippen molar-refractivity contribution in [2.24, 2.45) is 0 Å². The summed E-state index contributed by atoms with van der Waals surface area (Å²) >= 11 is 0. The number of halogens is 3. The molecule has 0 radical (unpaired) electrons. The number of hydrogen-bond acceptors (Lipinski definition) is 5. The zero-order valence-corrected chi connectivity index (χ0v) is 15.7. The van der Waals surface area contributed by atoms with Gasteiger partial charge in [0.15, 0.2) is 0 Å². The summed E-state index contributed by atoms with van der Waals surface area (Å²) in [5.41, 5.74) is 3.69. The van der Waals surface area contributed by atoms with Crippen molar-refractivity contribution in [3.05, 3.63) is 66.1 Å². The summed E-state index contributed by atoms with van der Waals surface area (Å²) in [4.78, 5) is 19.6. The van der Waals surface area contributed by atoms with Gasteiger partial charge in [-0.1, -0.05) is 12.6 Å². The summed E-state index contributed by atoms with van der Waals surface area (Å²) in [6.07, 6.45) is 2.67. The fourth-order valence-corrected chi connectivity index (χ4v) is 3.06. The molecule has 1 amide bonds. The number of allylic oxidation sites excluding steroid dienone is 1. The minimum absolute atomic E-state index is 0.0998. The molecule has 0 aliphatic rings. The molecule has 11 heteroatoms. The molecule has 0 fully saturated rings. The smallest absolute Gasteiger partial charge is 0.279 e. The van der Waals surface area contributed by atoms with Gasteiger partial charge in [0.2, 0.25) is 0 Å². The van der Waals surface area contributed by atoms with Crippen molar-refractivity contribution in [3.63, 3.8) is 0 Å². The van der Waals surface area contributed by atoms with Crippen LogP contribution in [-0.4, -0.2) is 38.6 Å². The second-order valence-corrected chi connectivity index (χ2v) is 8.16. The number of amides is 1. The minimum Gasteiger partial charge on any atom is -0.297 e. The highest BCUT2D eigenvalue weighted by molar-refractivity contribution is 8.00. The molecule has 0 aliphatic carbocycles. The van der Waals surface area contributed by atoms with E-state index in [0.717, 1.165) is 6.07 Å². The lowest BCUT2D eigenvalue weighted by Gasteiger charge is -2.25. The summed E-state index contributed by atoms with van der Waals surface area (Å²) in [5, 5.41) is 0. The Labute approximate surface area is 160 Å². The van der Waals surface area contributed by atoms with Crippen molar-refractivity contribution in [2.45, 2.75) is 13.0 Å². The highest BCUT2D eigenvalue weighted by Gasteiger charge is 2.18. The highest BCUT2D eigenvalue weighted by atomic mass is 32.2. The molecule has 2 rings (SSSR count). The van der Waals surface area contributed by atoms with Gasteiger partial charge in [0.05, 0.1) is 30.3 Å². The standard InChI is InChI=1S/C17H18F3N5O2S/c1-11(16(19)20)23-24-17(26)12-4-5-13(15(18)6-12)9-25(28(2,3)27)14-7-21-10-22-8-14/h4-8,10,16,23H,1-2,9H2,3H3,(H,24,26). The van der Waals surface area contributed by atoms with E-state index in [1.807, 2.05) is 10.9 Å². The van der Waals surface area contributed by atoms with Crippen molar-refractivity contribution >= 4 is 27.2 Å². The van der Waals surface area contributed by atoms with Crippen LogP contribution in [0.2, 0.25) is 0 Å². The monoisotopic (exact) mass is 413 g/mol. The van der Waals surface area contributed by atoms with Crippen molar-refractivity contribution in [2.75, 3.05) is 10.6 Å². The lowest BCUT2D eigenvalue weighted by Crippen LogP contribution is -2.38. The van der Waals surface area contributed by atoms with E-state index in [0.29, 0.717) is 5.69 Å². The third-order valence-corrected chi connectivity index (χ3v) is 4.80. The number of nitrogens with one attached hydrogen (secondary N) is 2. The summed E-state index contributed by atoms with van der Waals surface area (Å²) < 4.78 is 53.0. The number of rotatable bonds is 8. The van der Waals surface area contributed by atoms with Gasteiger partial charge >= 0.3 is 0 Å². The van der Waals surface area contributed by atoms with Crippen LogP contribution in [0.15, 0.2) is 49.2 Å². The quantitative estimate of drug-likeness (QED) is 0.510. The Bertz CT molecular complexity index is 968. The first-order valence-corrected chi connectivity index (χ1v) is 9.85. The maximum absolute atomic E-state index is 14.5. The summed E-state index contributed by atoms with van der Waals surface area (Å²) in [5.74, 6) is 2.04. The number of anilines is 1. The molecule has 0 saturated carbocycles. The average molecular weight is 413 g/mol. The lowest BCUT2D eigenvalue weighted by molar-refractivity contribution is 0.0928. The van der Waals surface area contributed by atoms with Gasteiger partial charge in [-0.05, 0) is 18.0 Å². The normalized spacial score (nSPS) is 12.9. The molecule has 1 unspecified atom stereocenters. The van der Waals surface area contributed by atoms with Gasteiger partial charge in [0.25, 0.3) is 12.3 Å². The zero-order chi connectivity index (χ0) is 20.9. The SMILES string of the molecule is C=C(NNC(=O)c1ccc(CN(c2cncnc2)S(=C)(C)=O)c(F)c1)C(F)F. The van der Waals surface area contributed by atoms with Gasteiger partial charge in [-0.15, -0.1) is 0 Å². The summed E-state index contributed by atoms with van der Waals surface area (Å²) in [6, 6.07) is 3.58. The van der Waals surface area contributed by atoms with Crippen LogP contribution in [-0.2, 0) is 16.3 Å². The van der Waals surface area contributed by atoms with E-state index in [-0.39, 0.29) is 17.7 Å². The number of benzene rings is 1. The van der Waals surface area contributed by atoms with Crippen LogP contribution in [0.3, 0.4) is 0 Å². The Balaban J connectivity index is 2.19. The molecule has 1 atom stereocenters. The Morgan fingerprint density at radius 2 is 1.93 bits per heavy atom. The molecule has 1 heterocycles. The van der Waals surface area contributed by atoms with Crippen LogP contribution in [0.25, 0.3) is 0 Å². The van der Waals surface area contributed by atoms with Crippen LogP contribution < -0.4 is 15.2 Å². The molecule has 0 aliphatic heterocycles. The highest BCUT2D eigenvalue weighted by Crippen LogP contribution is 2.20. The molecule has 1 aromatic heterocycles. The first-order chi connectivity index (χ1) is 13.1. The molecular formula is C17H18F3N5O2S. The molecule has 2 aromatic rings. The fraction of sp³-hybridized carbons (Fsp3) is 0.176. The van der Waals surface area contributed by atoms with Crippen LogP contribution in [0.1, 0.15) is 15.9 Å². The molecular weight excluding hydrogens is 395 g/mol. The van der Waals surface area contributed by atoms with Gasteiger partial charge in [0, 0.05) is 27.1 Å². The number of nitrogens with zero attached hydrogens (tertiary/aromatic N) is 3. The van der Waals surface area contributed by atoms with E-state index in [2.05, 4.69) is 22.4 Å². The van der Waals surface area contributed by atoms with E-state index in [9.17, 15) is 22.2 Å². The second kappa shape index (κ2) is 8.74. The molecule has 7 nitrogen and oxygen atoms in total. The van der Waals surface area contributed by atoms with Crippen LogP contribution >= 0.6 is 0 Å². The zero-order valence-electron chi connectivity index (χ0n) is 14.9. The predicted octanol–water partition coefficient (Wildman–Crippen LogP) is 1.90. The average Bonchev–Trinajstić information content (AvgIpc) is 2.64. The molecule has 150 valence electrons. The maximum Gasteiger partial charge on any atom is 0.279 e. The third-order valence-electron chi connectivity index (χ3n) is 3.53. The largest absolute Gasteiger partial charge is 0.297 e. The van der Waals surface area contributed by atoms with E-state index < -0.39 is 33.6 Å². The first-order valence-electron chi connectivity index (χ1n) is 7.76. The Kier molecular flexibility index (Phi) is 6.62. The van der Waals surface area contributed by atoms with Gasteiger partial charge < -0.3 is 0 Å². The predicted molar refractivity (Wildman–Crippen MR) is 102 cm³/mol. The number of aromatic nitrogens is 2. The van der Waals surface area contributed by atoms with Crippen molar-refractivity contribution in [1.29, 1.82) is 0 Å². The van der Waals surface area contributed by atoms with Crippen LogP contribution in [0, 0.1) is 5.82 Å². The van der Waals surface area contributed by atoms with E-state index in [4.69, 9.17) is 0 Å². The maximum atomic E-state index is 14.5. The van der Waals surface area contributed by atoms with Gasteiger partial charge in [-0.3, -0.25) is 20.0 Å². The molecule has 2 N–H and O–H groups in total. The Hall–Kier alpha value is -3.08. The molecule has 1 aromatic carbocycles. The van der Waals surface area contributed by atoms with E-state index >= 15 is 0 Å². The number of hydrazine groups is 1. The number of hydrogen-bond donors (Lipinski definition) is 2. The molecule has 0 bridgehead atoms. The van der Waals surface area contributed by atoms with Gasteiger partial charge in [-0.25, -0.2) is 27.3 Å². The lowest BCUT2D eigenvalue weighted by atomic mass is 10.1. The molecule has 0 spiro atoms. The Morgan fingerprint density at radius 3 is 2.46 bits per heavy atom. The van der Waals surface area contributed by atoms with Crippen molar-refractivity contribution in [3.8, 4) is 0 Å². The number of carbonyl (C=O) groups is 1. The van der Waals surface area contributed by atoms with Crippen molar-refractivity contribution in [1.82, 2.24) is 20.8 Å². The minimum atomic E-state index is -2.86. The number of carbonyl (C=O) groups excluding carboxylic acids is 1.